The molecule has 0 bridgehead atoms. The van der Waals surface area contributed by atoms with Gasteiger partial charge >= 0.3 is 0 Å². The summed E-state index contributed by atoms with van der Waals surface area (Å²) in [6.07, 6.45) is 3.36. The molecule has 6 heteroatoms. The summed E-state index contributed by atoms with van der Waals surface area (Å²) in [6, 6.07) is 6.95. The molecule has 1 aliphatic rings. The molecular formula is C15H24N2O3S. The maximum absolute atomic E-state index is 12.4. The molecule has 1 aliphatic carbocycles. The van der Waals surface area contributed by atoms with Crippen molar-refractivity contribution in [2.24, 2.45) is 5.92 Å². The van der Waals surface area contributed by atoms with Crippen molar-refractivity contribution in [3.05, 3.63) is 29.8 Å². The molecule has 118 valence electrons. The highest BCUT2D eigenvalue weighted by Crippen LogP contribution is 2.33. The number of aliphatic hydroxyl groups is 1. The average Bonchev–Trinajstić information content (AvgIpc) is 2.40. The maximum Gasteiger partial charge on any atom is 0.216 e. The number of aliphatic hydroxyl groups excluding tert-OH is 1. The second-order valence-corrected chi connectivity index (χ2v) is 7.92. The highest BCUT2D eigenvalue weighted by Gasteiger charge is 2.37. The van der Waals surface area contributed by atoms with Crippen LogP contribution in [0.3, 0.4) is 0 Å². The van der Waals surface area contributed by atoms with Crippen LogP contribution in [0.25, 0.3) is 0 Å². The molecule has 0 amide bonds. The van der Waals surface area contributed by atoms with Crippen molar-refractivity contribution < 1.29 is 13.5 Å². The lowest BCUT2D eigenvalue weighted by molar-refractivity contribution is 0.119. The molecule has 2 unspecified atom stereocenters. The third-order valence-corrected chi connectivity index (χ3v) is 5.60. The van der Waals surface area contributed by atoms with Gasteiger partial charge < -0.3 is 10.8 Å². The van der Waals surface area contributed by atoms with Crippen molar-refractivity contribution in [2.75, 3.05) is 12.3 Å². The third kappa shape index (κ3) is 4.18. The minimum Gasteiger partial charge on any atom is -0.398 e. The second-order valence-electron chi connectivity index (χ2n) is 6.20. The van der Waals surface area contributed by atoms with Gasteiger partial charge in [-0.3, -0.25) is 0 Å². The van der Waals surface area contributed by atoms with E-state index in [-0.39, 0.29) is 12.4 Å². The number of nitrogens with two attached hydrogens (primary N) is 1. The molecule has 1 fully saturated rings. The number of hydrogen-bond donors (Lipinski definition) is 3. The first-order valence-corrected chi connectivity index (χ1v) is 8.97. The van der Waals surface area contributed by atoms with Crippen molar-refractivity contribution in [1.29, 1.82) is 0 Å². The number of benzene rings is 1. The van der Waals surface area contributed by atoms with Crippen LogP contribution in [0.1, 0.15) is 38.2 Å². The molecule has 21 heavy (non-hydrogen) atoms. The summed E-state index contributed by atoms with van der Waals surface area (Å²) in [6.45, 7) is 1.92. The Bertz CT molecular complexity index is 588. The van der Waals surface area contributed by atoms with Crippen LogP contribution in [0.15, 0.2) is 24.3 Å². The Kier molecular flexibility index (Phi) is 4.91. The van der Waals surface area contributed by atoms with Crippen LogP contribution in [0.5, 0.6) is 0 Å². The maximum atomic E-state index is 12.4. The van der Waals surface area contributed by atoms with Crippen LogP contribution in [-0.2, 0) is 15.8 Å². The smallest absolute Gasteiger partial charge is 0.216 e. The molecule has 1 aromatic carbocycles. The van der Waals surface area contributed by atoms with Gasteiger partial charge in [-0.05, 0) is 30.4 Å². The summed E-state index contributed by atoms with van der Waals surface area (Å²) in [5.41, 5.74) is 6.14. The van der Waals surface area contributed by atoms with Gasteiger partial charge in [0.25, 0.3) is 0 Å². The predicted octanol–water partition coefficient (Wildman–Crippen LogP) is 1.63. The molecule has 5 nitrogen and oxygen atoms in total. The van der Waals surface area contributed by atoms with Crippen molar-refractivity contribution in [3.8, 4) is 0 Å². The van der Waals surface area contributed by atoms with Gasteiger partial charge in [0.1, 0.15) is 0 Å². The third-order valence-electron chi connectivity index (χ3n) is 4.17. The molecule has 1 aromatic rings. The van der Waals surface area contributed by atoms with Crippen molar-refractivity contribution >= 4 is 15.7 Å². The normalized spacial score (nSPS) is 26.7. The Balaban J connectivity index is 2.14. The fraction of sp³-hybridized carbons (Fsp3) is 0.600. The van der Waals surface area contributed by atoms with Gasteiger partial charge in [0.2, 0.25) is 10.0 Å². The summed E-state index contributed by atoms with van der Waals surface area (Å²) in [7, 11) is -3.54. The van der Waals surface area contributed by atoms with Gasteiger partial charge in [0.15, 0.2) is 0 Å². The van der Waals surface area contributed by atoms with E-state index in [1.807, 2.05) is 0 Å². The highest BCUT2D eigenvalue weighted by atomic mass is 32.2. The van der Waals surface area contributed by atoms with E-state index in [4.69, 9.17) is 5.73 Å². The second kappa shape index (κ2) is 6.34. The minimum absolute atomic E-state index is 0.157. The number of rotatable bonds is 5. The Morgan fingerprint density at radius 2 is 2.14 bits per heavy atom. The largest absolute Gasteiger partial charge is 0.398 e. The zero-order chi connectivity index (χ0) is 15.5. The molecule has 0 radical (unpaired) electrons. The van der Waals surface area contributed by atoms with E-state index in [1.165, 1.54) is 0 Å². The molecule has 2 atom stereocenters. The van der Waals surface area contributed by atoms with Crippen LogP contribution >= 0.6 is 0 Å². The fourth-order valence-electron chi connectivity index (χ4n) is 3.16. The van der Waals surface area contributed by atoms with Crippen LogP contribution in [0, 0.1) is 5.92 Å². The summed E-state index contributed by atoms with van der Waals surface area (Å²) >= 11 is 0. The lowest BCUT2D eigenvalue weighted by Gasteiger charge is -2.39. The van der Waals surface area contributed by atoms with E-state index in [9.17, 15) is 13.5 Å². The number of sulfonamides is 1. The van der Waals surface area contributed by atoms with E-state index in [2.05, 4.69) is 11.6 Å². The van der Waals surface area contributed by atoms with E-state index in [0.717, 1.165) is 12.8 Å². The van der Waals surface area contributed by atoms with Crippen molar-refractivity contribution in [1.82, 2.24) is 4.72 Å². The molecular weight excluding hydrogens is 288 g/mol. The van der Waals surface area contributed by atoms with E-state index in [1.54, 1.807) is 24.3 Å². The molecule has 2 rings (SSSR count). The highest BCUT2D eigenvalue weighted by molar-refractivity contribution is 7.88. The first kappa shape index (κ1) is 16.3. The number of nitrogens with one attached hydrogen (secondary N) is 1. The summed E-state index contributed by atoms with van der Waals surface area (Å²) < 4.78 is 27.6. The standard InChI is InChI=1S/C15H24N2O3S/c1-12-5-4-8-15(9-12,11-18)17-21(19,20)10-13-6-2-3-7-14(13)16/h2-3,6-7,12,17-18H,4-5,8-11,16H2,1H3. The van der Waals surface area contributed by atoms with Gasteiger partial charge in [0.05, 0.1) is 17.9 Å². The Labute approximate surface area is 126 Å². The van der Waals surface area contributed by atoms with Gasteiger partial charge in [-0.2, -0.15) is 0 Å². The Hall–Kier alpha value is -1.11. The van der Waals surface area contributed by atoms with Crippen LogP contribution in [0.2, 0.25) is 0 Å². The monoisotopic (exact) mass is 312 g/mol. The zero-order valence-electron chi connectivity index (χ0n) is 12.4. The summed E-state index contributed by atoms with van der Waals surface area (Å²) in [4.78, 5) is 0. The zero-order valence-corrected chi connectivity index (χ0v) is 13.2. The predicted molar refractivity (Wildman–Crippen MR) is 84.1 cm³/mol. The van der Waals surface area contributed by atoms with Crippen molar-refractivity contribution in [2.45, 2.75) is 43.9 Å². The average molecular weight is 312 g/mol. The molecule has 4 N–H and O–H groups in total. The Morgan fingerprint density at radius 1 is 1.43 bits per heavy atom. The fourth-order valence-corrected chi connectivity index (χ4v) is 4.82. The van der Waals surface area contributed by atoms with Gasteiger partial charge in [0, 0.05) is 5.69 Å². The number of nitrogen functional groups attached to an aromatic ring is 1. The van der Waals surface area contributed by atoms with Gasteiger partial charge in [-0.15, -0.1) is 0 Å². The molecule has 0 heterocycles. The first-order chi connectivity index (χ1) is 9.86. The quantitative estimate of drug-likeness (QED) is 0.721. The lowest BCUT2D eigenvalue weighted by atomic mass is 9.78. The first-order valence-electron chi connectivity index (χ1n) is 7.32. The Morgan fingerprint density at radius 3 is 2.76 bits per heavy atom. The lowest BCUT2D eigenvalue weighted by Crippen LogP contribution is -2.54. The minimum atomic E-state index is -3.54. The molecule has 1 saturated carbocycles. The molecule has 0 aromatic heterocycles. The van der Waals surface area contributed by atoms with Crippen LogP contribution in [0.4, 0.5) is 5.69 Å². The van der Waals surface area contributed by atoms with E-state index >= 15 is 0 Å². The van der Waals surface area contributed by atoms with E-state index < -0.39 is 15.6 Å². The molecule has 0 saturated heterocycles. The van der Waals surface area contributed by atoms with Crippen LogP contribution in [-0.4, -0.2) is 25.7 Å². The van der Waals surface area contributed by atoms with Crippen molar-refractivity contribution in [3.63, 3.8) is 0 Å². The molecule has 0 spiro atoms. The topological polar surface area (TPSA) is 92.4 Å². The number of para-hydroxylation sites is 1. The summed E-state index contributed by atoms with van der Waals surface area (Å²) in [5, 5.41) is 9.69. The van der Waals surface area contributed by atoms with E-state index in [0.29, 0.717) is 30.0 Å². The number of anilines is 1. The molecule has 0 aliphatic heterocycles. The van der Waals surface area contributed by atoms with Gasteiger partial charge in [-0.25, -0.2) is 13.1 Å². The van der Waals surface area contributed by atoms with Gasteiger partial charge in [-0.1, -0.05) is 38.0 Å². The summed E-state index contributed by atoms with van der Waals surface area (Å²) in [5.74, 6) is 0.255. The SMILES string of the molecule is CC1CCCC(CO)(NS(=O)(=O)Cc2ccccc2N)C1. The number of hydrogen-bond acceptors (Lipinski definition) is 4. The van der Waals surface area contributed by atoms with Crippen LogP contribution < -0.4 is 10.5 Å².